The highest BCUT2D eigenvalue weighted by molar-refractivity contribution is 6.28. The number of rotatable bonds is 4. The molecule has 0 fully saturated rings. The van der Waals surface area contributed by atoms with Crippen LogP contribution < -0.4 is 4.74 Å². The molecule has 0 amide bonds. The topological polar surface area (TPSA) is 62.1 Å². The SMILES string of the molecule is COc1ccc(Cn2cnc3c(/C=C4\OCc5ccccc54)nc(Cl)nc32)cc1. The Morgan fingerprint density at radius 2 is 1.97 bits per heavy atom. The largest absolute Gasteiger partial charge is 0.497 e. The lowest BCUT2D eigenvalue weighted by atomic mass is 10.1. The second kappa shape index (κ2) is 7.22. The predicted octanol–water partition coefficient (Wildman–Crippen LogP) is 4.56. The van der Waals surface area contributed by atoms with E-state index in [1.54, 1.807) is 13.4 Å². The molecule has 0 unspecified atom stereocenters. The van der Waals surface area contributed by atoms with Crippen molar-refractivity contribution in [1.29, 1.82) is 0 Å². The number of methoxy groups -OCH3 is 1. The summed E-state index contributed by atoms with van der Waals surface area (Å²) in [5.41, 5.74) is 5.32. The molecule has 0 saturated carbocycles. The number of halogens is 1. The van der Waals surface area contributed by atoms with Gasteiger partial charge in [-0.3, -0.25) is 0 Å². The van der Waals surface area contributed by atoms with Gasteiger partial charge in [0.25, 0.3) is 0 Å². The highest BCUT2D eigenvalue weighted by Gasteiger charge is 2.19. The van der Waals surface area contributed by atoms with Crippen LogP contribution >= 0.6 is 11.6 Å². The molecule has 2 aromatic carbocycles. The van der Waals surface area contributed by atoms with Gasteiger partial charge in [0.1, 0.15) is 23.6 Å². The molecule has 1 aliphatic rings. The fourth-order valence-corrected chi connectivity index (χ4v) is 3.62. The van der Waals surface area contributed by atoms with Gasteiger partial charge >= 0.3 is 0 Å². The van der Waals surface area contributed by atoms with Crippen molar-refractivity contribution < 1.29 is 9.47 Å². The van der Waals surface area contributed by atoms with E-state index in [4.69, 9.17) is 21.1 Å². The number of benzene rings is 2. The third-order valence-corrected chi connectivity index (χ3v) is 5.08. The van der Waals surface area contributed by atoms with Crippen LogP contribution in [-0.4, -0.2) is 26.6 Å². The number of imidazole rings is 1. The van der Waals surface area contributed by atoms with Gasteiger partial charge in [0.2, 0.25) is 5.28 Å². The van der Waals surface area contributed by atoms with Crippen molar-refractivity contribution >= 4 is 34.6 Å². The fraction of sp³-hybridized carbons (Fsp3) is 0.136. The number of hydrogen-bond donors (Lipinski definition) is 0. The standard InChI is InChI=1S/C22H17ClN4O2/c1-28-16-8-6-14(7-9-16)11-27-13-24-20-18(25-22(23)26-21(20)27)10-19-17-5-3-2-4-15(17)12-29-19/h2-10,13H,11-12H2,1H3/b19-10-. The van der Waals surface area contributed by atoms with E-state index in [0.717, 1.165) is 28.2 Å². The van der Waals surface area contributed by atoms with Crippen molar-refractivity contribution in [2.75, 3.05) is 7.11 Å². The Bertz CT molecular complexity index is 1230. The highest BCUT2D eigenvalue weighted by Crippen LogP contribution is 2.32. The lowest BCUT2D eigenvalue weighted by Crippen LogP contribution is -2.01. The zero-order valence-corrected chi connectivity index (χ0v) is 16.4. The summed E-state index contributed by atoms with van der Waals surface area (Å²) in [5.74, 6) is 1.58. The molecule has 1 aliphatic heterocycles. The van der Waals surface area contributed by atoms with E-state index < -0.39 is 0 Å². The summed E-state index contributed by atoms with van der Waals surface area (Å²) in [7, 11) is 1.65. The first kappa shape index (κ1) is 17.7. The Hall–Kier alpha value is -3.38. The Labute approximate surface area is 172 Å². The van der Waals surface area contributed by atoms with Crippen molar-refractivity contribution in [3.63, 3.8) is 0 Å². The van der Waals surface area contributed by atoms with Gasteiger partial charge in [-0.1, -0.05) is 36.4 Å². The van der Waals surface area contributed by atoms with Crippen LogP contribution in [0.2, 0.25) is 5.28 Å². The third-order valence-electron chi connectivity index (χ3n) is 4.91. The van der Waals surface area contributed by atoms with Crippen molar-refractivity contribution in [3.8, 4) is 5.75 Å². The summed E-state index contributed by atoms with van der Waals surface area (Å²) in [6, 6.07) is 16.0. The summed E-state index contributed by atoms with van der Waals surface area (Å²) in [6.45, 7) is 1.17. The summed E-state index contributed by atoms with van der Waals surface area (Å²) in [5, 5.41) is 0.173. The molecule has 29 heavy (non-hydrogen) atoms. The minimum Gasteiger partial charge on any atom is -0.497 e. The summed E-state index contributed by atoms with van der Waals surface area (Å²) in [6.07, 6.45) is 3.64. The van der Waals surface area contributed by atoms with E-state index in [0.29, 0.717) is 30.0 Å². The van der Waals surface area contributed by atoms with Crippen LogP contribution in [-0.2, 0) is 17.9 Å². The van der Waals surface area contributed by atoms with Gasteiger partial charge in [-0.25, -0.2) is 9.97 Å². The Balaban J connectivity index is 1.54. The van der Waals surface area contributed by atoms with Crippen molar-refractivity contribution in [3.05, 3.63) is 82.5 Å². The van der Waals surface area contributed by atoms with Gasteiger partial charge in [0.15, 0.2) is 5.65 Å². The van der Waals surface area contributed by atoms with E-state index in [9.17, 15) is 0 Å². The lowest BCUT2D eigenvalue weighted by molar-refractivity contribution is 0.287. The van der Waals surface area contributed by atoms with Gasteiger partial charge in [0, 0.05) is 17.2 Å². The van der Waals surface area contributed by atoms with Gasteiger partial charge in [-0.05, 0) is 29.3 Å². The highest BCUT2D eigenvalue weighted by atomic mass is 35.5. The Kier molecular flexibility index (Phi) is 4.41. The Morgan fingerprint density at radius 1 is 1.14 bits per heavy atom. The van der Waals surface area contributed by atoms with Crippen LogP contribution in [0.3, 0.4) is 0 Å². The lowest BCUT2D eigenvalue weighted by Gasteiger charge is -2.06. The van der Waals surface area contributed by atoms with Crippen LogP contribution in [0.15, 0.2) is 54.9 Å². The summed E-state index contributed by atoms with van der Waals surface area (Å²) >= 11 is 6.23. The zero-order valence-electron chi connectivity index (χ0n) is 15.7. The van der Waals surface area contributed by atoms with E-state index >= 15 is 0 Å². The maximum Gasteiger partial charge on any atom is 0.225 e. The maximum atomic E-state index is 6.23. The first-order chi connectivity index (χ1) is 14.2. The molecule has 144 valence electrons. The second-order valence-electron chi connectivity index (χ2n) is 6.73. The van der Waals surface area contributed by atoms with Crippen molar-refractivity contribution in [2.45, 2.75) is 13.2 Å². The van der Waals surface area contributed by atoms with Crippen LogP contribution in [0.4, 0.5) is 0 Å². The minimum absolute atomic E-state index is 0.173. The van der Waals surface area contributed by atoms with E-state index in [1.165, 1.54) is 0 Å². The molecule has 3 heterocycles. The third kappa shape index (κ3) is 3.32. The molecule has 0 spiro atoms. The van der Waals surface area contributed by atoms with Gasteiger partial charge in [-0.2, -0.15) is 4.98 Å². The van der Waals surface area contributed by atoms with Crippen LogP contribution in [0.1, 0.15) is 22.4 Å². The molecule has 0 atom stereocenters. The molecule has 6 nitrogen and oxygen atoms in total. The monoisotopic (exact) mass is 404 g/mol. The van der Waals surface area contributed by atoms with Crippen LogP contribution in [0.5, 0.6) is 5.75 Å². The van der Waals surface area contributed by atoms with Crippen LogP contribution in [0.25, 0.3) is 23.0 Å². The Morgan fingerprint density at radius 3 is 2.79 bits per heavy atom. The average molecular weight is 405 g/mol. The predicted molar refractivity (Wildman–Crippen MR) is 112 cm³/mol. The maximum absolute atomic E-state index is 6.23. The molecule has 0 aliphatic carbocycles. The van der Waals surface area contributed by atoms with Gasteiger partial charge in [0.05, 0.1) is 25.7 Å². The number of ether oxygens (including phenoxy) is 2. The minimum atomic E-state index is 0.173. The fourth-order valence-electron chi connectivity index (χ4n) is 3.45. The van der Waals surface area contributed by atoms with E-state index in [-0.39, 0.29) is 5.28 Å². The molecule has 0 N–H and O–H groups in total. The second-order valence-corrected chi connectivity index (χ2v) is 7.06. The van der Waals surface area contributed by atoms with Crippen molar-refractivity contribution in [1.82, 2.24) is 19.5 Å². The molecular formula is C22H17ClN4O2. The van der Waals surface area contributed by atoms with Crippen LogP contribution in [0, 0.1) is 0 Å². The molecule has 5 rings (SSSR count). The molecule has 7 heteroatoms. The molecule has 0 saturated heterocycles. The normalized spacial score (nSPS) is 14.2. The smallest absolute Gasteiger partial charge is 0.225 e. The first-order valence-electron chi connectivity index (χ1n) is 9.15. The van der Waals surface area contributed by atoms with Gasteiger partial charge < -0.3 is 14.0 Å². The zero-order chi connectivity index (χ0) is 19.8. The molecule has 0 radical (unpaired) electrons. The van der Waals surface area contributed by atoms with E-state index in [1.807, 2.05) is 53.1 Å². The first-order valence-corrected chi connectivity index (χ1v) is 9.53. The number of fused-ring (bicyclic) bond motifs is 2. The molecule has 4 aromatic rings. The quantitative estimate of drug-likeness (QED) is 0.466. The molecule has 2 aromatic heterocycles. The summed E-state index contributed by atoms with van der Waals surface area (Å²) < 4.78 is 13.0. The van der Waals surface area contributed by atoms with E-state index in [2.05, 4.69) is 21.0 Å². The number of aromatic nitrogens is 4. The summed E-state index contributed by atoms with van der Waals surface area (Å²) in [4.78, 5) is 13.3. The number of nitrogens with zero attached hydrogens (tertiary/aromatic N) is 4. The van der Waals surface area contributed by atoms with Gasteiger partial charge in [-0.15, -0.1) is 0 Å². The van der Waals surface area contributed by atoms with Crippen molar-refractivity contribution in [2.24, 2.45) is 0 Å². The molecule has 0 bridgehead atoms. The molecular weight excluding hydrogens is 388 g/mol. The number of hydrogen-bond acceptors (Lipinski definition) is 5. The average Bonchev–Trinajstić information content (AvgIpc) is 3.33.